The summed E-state index contributed by atoms with van der Waals surface area (Å²) in [5, 5.41) is 3.40. The number of hydrogen-bond acceptors (Lipinski definition) is 3. The summed E-state index contributed by atoms with van der Waals surface area (Å²) in [5.41, 5.74) is 1.14. The van der Waals surface area contributed by atoms with Gasteiger partial charge in [-0.1, -0.05) is 31.7 Å². The van der Waals surface area contributed by atoms with E-state index < -0.39 is 0 Å². The minimum absolute atomic E-state index is 0.140. The van der Waals surface area contributed by atoms with Gasteiger partial charge in [-0.2, -0.15) is 0 Å². The Morgan fingerprint density at radius 2 is 2.23 bits per heavy atom. The molecule has 120 valence electrons. The molecular weight excluding hydrogens is 274 g/mol. The van der Waals surface area contributed by atoms with E-state index in [4.69, 9.17) is 0 Å². The maximum absolute atomic E-state index is 12.6. The van der Waals surface area contributed by atoms with Crippen LogP contribution in [0.2, 0.25) is 0 Å². The van der Waals surface area contributed by atoms with Crippen LogP contribution in [0.4, 0.5) is 0 Å². The number of rotatable bonds is 5. The van der Waals surface area contributed by atoms with Crippen LogP contribution in [0.1, 0.15) is 56.6 Å². The molecule has 1 saturated heterocycles. The van der Waals surface area contributed by atoms with Gasteiger partial charge in [0.1, 0.15) is 0 Å². The van der Waals surface area contributed by atoms with Crippen molar-refractivity contribution < 1.29 is 4.79 Å². The van der Waals surface area contributed by atoms with Crippen LogP contribution in [-0.4, -0.2) is 35.4 Å². The van der Waals surface area contributed by atoms with E-state index in [2.05, 4.69) is 21.3 Å². The van der Waals surface area contributed by atoms with Gasteiger partial charge in [0.2, 0.25) is 5.91 Å². The summed E-state index contributed by atoms with van der Waals surface area (Å²) >= 11 is 0. The lowest BCUT2D eigenvalue weighted by molar-refractivity contribution is -0.134. The summed E-state index contributed by atoms with van der Waals surface area (Å²) < 4.78 is 0. The Kier molecular flexibility index (Phi) is 5.43. The number of carbonyl (C=O) groups excluding carboxylic acids is 1. The number of nitrogens with zero attached hydrogens (tertiary/aromatic N) is 2. The highest BCUT2D eigenvalue weighted by Crippen LogP contribution is 2.29. The van der Waals surface area contributed by atoms with E-state index in [0.717, 1.165) is 37.5 Å². The van der Waals surface area contributed by atoms with Crippen LogP contribution in [0, 0.1) is 5.92 Å². The van der Waals surface area contributed by atoms with Crippen LogP contribution in [0.25, 0.3) is 0 Å². The molecule has 0 aromatic carbocycles. The summed E-state index contributed by atoms with van der Waals surface area (Å²) in [5.74, 6) is 1.19. The molecule has 1 aromatic heterocycles. The van der Waals surface area contributed by atoms with Crippen molar-refractivity contribution in [3.05, 3.63) is 30.1 Å². The molecule has 1 aliphatic heterocycles. The van der Waals surface area contributed by atoms with E-state index in [1.165, 1.54) is 32.1 Å². The first-order chi connectivity index (χ1) is 10.8. The van der Waals surface area contributed by atoms with Crippen LogP contribution in [0.5, 0.6) is 0 Å². The third-order valence-corrected chi connectivity index (χ3v) is 5.11. The molecule has 1 saturated carbocycles. The van der Waals surface area contributed by atoms with Crippen molar-refractivity contribution in [2.24, 2.45) is 5.92 Å². The Morgan fingerprint density at radius 1 is 1.36 bits per heavy atom. The van der Waals surface area contributed by atoms with Gasteiger partial charge in [-0.15, -0.1) is 0 Å². The van der Waals surface area contributed by atoms with Crippen LogP contribution >= 0.6 is 0 Å². The topological polar surface area (TPSA) is 45.2 Å². The highest BCUT2D eigenvalue weighted by atomic mass is 16.2. The smallest absolute Gasteiger partial charge is 0.223 e. The normalized spacial score (nSPS) is 22.9. The van der Waals surface area contributed by atoms with Gasteiger partial charge in [0, 0.05) is 38.4 Å². The second-order valence-corrected chi connectivity index (χ2v) is 6.64. The minimum atomic E-state index is 0.140. The van der Waals surface area contributed by atoms with Crippen LogP contribution in [0.3, 0.4) is 0 Å². The lowest BCUT2D eigenvalue weighted by Crippen LogP contribution is -2.48. The molecule has 22 heavy (non-hydrogen) atoms. The molecular formula is C18H27N3O. The first-order valence-electron chi connectivity index (χ1n) is 8.74. The Labute approximate surface area is 133 Å². The number of aromatic nitrogens is 1. The van der Waals surface area contributed by atoms with Gasteiger partial charge in [-0.05, 0) is 30.4 Å². The number of pyridine rings is 1. The molecule has 0 bridgehead atoms. The lowest BCUT2D eigenvalue weighted by Gasteiger charge is -2.36. The largest absolute Gasteiger partial charge is 0.333 e. The molecule has 1 atom stereocenters. The number of carbonyl (C=O) groups is 1. The van der Waals surface area contributed by atoms with E-state index in [-0.39, 0.29) is 6.04 Å². The third kappa shape index (κ3) is 3.86. The van der Waals surface area contributed by atoms with Crippen molar-refractivity contribution in [3.63, 3.8) is 0 Å². The van der Waals surface area contributed by atoms with Crippen molar-refractivity contribution >= 4 is 5.91 Å². The fraction of sp³-hybridized carbons (Fsp3) is 0.667. The average Bonchev–Trinajstić information content (AvgIpc) is 3.09. The Morgan fingerprint density at radius 3 is 3.00 bits per heavy atom. The summed E-state index contributed by atoms with van der Waals surface area (Å²) in [7, 11) is 0. The molecule has 4 nitrogen and oxygen atoms in total. The van der Waals surface area contributed by atoms with Gasteiger partial charge >= 0.3 is 0 Å². The van der Waals surface area contributed by atoms with Crippen molar-refractivity contribution in [3.8, 4) is 0 Å². The standard InChI is InChI=1S/C18H27N3O/c22-18(9-3-7-15-5-1-2-6-15)21-12-11-20-14-17(21)16-8-4-10-19-13-16/h4,8,10,13,15,17,20H,1-3,5-7,9,11-12,14H2. The van der Waals surface area contributed by atoms with Gasteiger partial charge < -0.3 is 10.2 Å². The van der Waals surface area contributed by atoms with E-state index in [1.807, 2.05) is 12.3 Å². The number of nitrogens with one attached hydrogen (secondary N) is 1. The van der Waals surface area contributed by atoms with E-state index >= 15 is 0 Å². The predicted molar refractivity (Wildman–Crippen MR) is 87.4 cm³/mol. The molecule has 2 heterocycles. The zero-order valence-electron chi connectivity index (χ0n) is 13.3. The summed E-state index contributed by atoms with van der Waals surface area (Å²) in [6.07, 6.45) is 12.2. The van der Waals surface area contributed by atoms with E-state index in [0.29, 0.717) is 12.3 Å². The second kappa shape index (κ2) is 7.73. The van der Waals surface area contributed by atoms with Crippen LogP contribution in [0.15, 0.2) is 24.5 Å². The molecule has 1 amide bonds. The van der Waals surface area contributed by atoms with Gasteiger partial charge in [0.05, 0.1) is 6.04 Å². The van der Waals surface area contributed by atoms with Gasteiger partial charge in [0.15, 0.2) is 0 Å². The van der Waals surface area contributed by atoms with E-state index in [1.54, 1.807) is 6.20 Å². The fourth-order valence-corrected chi connectivity index (χ4v) is 3.86. The molecule has 1 N–H and O–H groups in total. The Hall–Kier alpha value is -1.42. The van der Waals surface area contributed by atoms with Gasteiger partial charge in [0.25, 0.3) is 0 Å². The maximum atomic E-state index is 12.6. The summed E-state index contributed by atoms with van der Waals surface area (Å²) in [6, 6.07) is 4.16. The van der Waals surface area contributed by atoms with E-state index in [9.17, 15) is 4.79 Å². The van der Waals surface area contributed by atoms with Crippen molar-refractivity contribution in [1.82, 2.24) is 15.2 Å². The quantitative estimate of drug-likeness (QED) is 0.909. The molecule has 1 unspecified atom stereocenters. The summed E-state index contributed by atoms with van der Waals surface area (Å²) in [4.78, 5) is 18.9. The monoisotopic (exact) mass is 301 g/mol. The lowest BCUT2D eigenvalue weighted by atomic mass is 9.99. The molecule has 0 radical (unpaired) electrons. The fourth-order valence-electron chi connectivity index (χ4n) is 3.86. The van der Waals surface area contributed by atoms with Crippen molar-refractivity contribution in [2.45, 2.75) is 51.0 Å². The first kappa shape index (κ1) is 15.5. The van der Waals surface area contributed by atoms with Crippen molar-refractivity contribution in [1.29, 1.82) is 0 Å². The molecule has 4 heteroatoms. The predicted octanol–water partition coefficient (Wildman–Crippen LogP) is 2.92. The zero-order chi connectivity index (χ0) is 15.2. The first-order valence-corrected chi connectivity index (χ1v) is 8.74. The number of amides is 1. The average molecular weight is 301 g/mol. The Balaban J connectivity index is 1.54. The second-order valence-electron chi connectivity index (χ2n) is 6.64. The maximum Gasteiger partial charge on any atom is 0.223 e. The molecule has 1 aliphatic carbocycles. The minimum Gasteiger partial charge on any atom is -0.333 e. The van der Waals surface area contributed by atoms with Crippen LogP contribution in [-0.2, 0) is 4.79 Å². The van der Waals surface area contributed by atoms with Crippen molar-refractivity contribution in [2.75, 3.05) is 19.6 Å². The molecule has 3 rings (SSSR count). The highest BCUT2D eigenvalue weighted by molar-refractivity contribution is 5.76. The highest BCUT2D eigenvalue weighted by Gasteiger charge is 2.27. The molecule has 1 aromatic rings. The zero-order valence-corrected chi connectivity index (χ0v) is 13.3. The number of piperazine rings is 1. The molecule has 0 spiro atoms. The van der Waals surface area contributed by atoms with Gasteiger partial charge in [-0.3, -0.25) is 9.78 Å². The molecule has 2 fully saturated rings. The Bertz CT molecular complexity index is 470. The third-order valence-electron chi connectivity index (χ3n) is 5.11. The van der Waals surface area contributed by atoms with Gasteiger partial charge in [-0.25, -0.2) is 0 Å². The SMILES string of the molecule is O=C(CCCC1CCCC1)N1CCNCC1c1cccnc1. The van der Waals surface area contributed by atoms with Crippen LogP contribution < -0.4 is 5.32 Å². The summed E-state index contributed by atoms with van der Waals surface area (Å²) in [6.45, 7) is 2.53. The number of hydrogen-bond donors (Lipinski definition) is 1. The molecule has 2 aliphatic rings.